The van der Waals surface area contributed by atoms with Crippen LogP contribution in [0.2, 0.25) is 0 Å². The monoisotopic (exact) mass is 398 g/mol. The van der Waals surface area contributed by atoms with Crippen molar-refractivity contribution in [2.75, 3.05) is 39.9 Å². The Bertz CT molecular complexity index is 802. The zero-order valence-corrected chi connectivity index (χ0v) is 17.0. The van der Waals surface area contributed by atoms with Crippen LogP contribution in [-0.2, 0) is 20.7 Å². The van der Waals surface area contributed by atoms with Crippen LogP contribution in [-0.4, -0.2) is 61.5 Å². The van der Waals surface area contributed by atoms with Crippen molar-refractivity contribution >= 4 is 23.2 Å². The Morgan fingerprint density at radius 3 is 2.71 bits per heavy atom. The van der Waals surface area contributed by atoms with Gasteiger partial charge in [-0.15, -0.1) is 17.9 Å². The van der Waals surface area contributed by atoms with Gasteiger partial charge < -0.3 is 14.5 Å². The summed E-state index contributed by atoms with van der Waals surface area (Å²) in [7, 11) is 1.51. The lowest BCUT2D eigenvalue weighted by atomic mass is 9.96. The fourth-order valence-electron chi connectivity index (χ4n) is 3.51. The van der Waals surface area contributed by atoms with Gasteiger partial charge in [-0.25, -0.2) is 0 Å². The summed E-state index contributed by atoms with van der Waals surface area (Å²) < 4.78 is 5.00. The molecule has 28 heavy (non-hydrogen) atoms. The molecule has 0 aliphatic carbocycles. The van der Waals surface area contributed by atoms with E-state index in [-0.39, 0.29) is 24.3 Å². The molecule has 1 aliphatic rings. The summed E-state index contributed by atoms with van der Waals surface area (Å²) in [5.41, 5.74) is 2.27. The highest BCUT2D eigenvalue weighted by molar-refractivity contribution is 7.13. The average Bonchev–Trinajstić information content (AvgIpc) is 3.19. The number of carbonyl (C=O) groups is 2. The standard InChI is InChI=1S/C22H26N2O3S/c1-3-10-23-11-12-24(21(25)16-27-2)15-19(22(23)26)14-17-6-8-18(9-7-17)20-5-4-13-28-20/h3-9,13,19H,1,10-12,14-16H2,2H3. The minimum Gasteiger partial charge on any atom is -0.375 e. The molecule has 0 radical (unpaired) electrons. The van der Waals surface area contributed by atoms with Crippen molar-refractivity contribution in [1.82, 2.24) is 9.80 Å². The lowest BCUT2D eigenvalue weighted by Crippen LogP contribution is -2.39. The van der Waals surface area contributed by atoms with E-state index in [1.807, 2.05) is 6.07 Å². The zero-order chi connectivity index (χ0) is 19.9. The highest BCUT2D eigenvalue weighted by atomic mass is 32.1. The number of benzene rings is 1. The molecule has 6 heteroatoms. The maximum atomic E-state index is 13.0. The molecule has 0 bridgehead atoms. The lowest BCUT2D eigenvalue weighted by molar-refractivity contribution is -0.136. The van der Waals surface area contributed by atoms with Gasteiger partial charge in [-0.3, -0.25) is 9.59 Å². The summed E-state index contributed by atoms with van der Waals surface area (Å²) in [6.07, 6.45) is 2.34. The zero-order valence-electron chi connectivity index (χ0n) is 16.2. The summed E-state index contributed by atoms with van der Waals surface area (Å²) in [5.74, 6) is -0.264. The van der Waals surface area contributed by atoms with E-state index >= 15 is 0 Å². The van der Waals surface area contributed by atoms with E-state index in [0.717, 1.165) is 5.56 Å². The summed E-state index contributed by atoms with van der Waals surface area (Å²) in [6.45, 7) is 5.75. The summed E-state index contributed by atoms with van der Waals surface area (Å²) in [4.78, 5) is 30.1. The van der Waals surface area contributed by atoms with Crippen LogP contribution < -0.4 is 0 Å². The highest BCUT2D eigenvalue weighted by Crippen LogP contribution is 2.26. The third-order valence-electron chi connectivity index (χ3n) is 4.95. The van der Waals surface area contributed by atoms with E-state index < -0.39 is 0 Å². The Morgan fingerprint density at radius 2 is 2.07 bits per heavy atom. The number of nitrogens with zero attached hydrogens (tertiary/aromatic N) is 2. The average molecular weight is 399 g/mol. The molecular weight excluding hydrogens is 372 g/mol. The molecule has 0 saturated carbocycles. The number of amides is 2. The molecule has 1 atom stereocenters. The first-order valence-corrected chi connectivity index (χ1v) is 10.3. The van der Waals surface area contributed by atoms with Crippen LogP contribution in [0.15, 0.2) is 54.4 Å². The van der Waals surface area contributed by atoms with Crippen molar-refractivity contribution in [3.05, 3.63) is 60.0 Å². The smallest absolute Gasteiger partial charge is 0.248 e. The van der Waals surface area contributed by atoms with Crippen LogP contribution in [0.25, 0.3) is 10.4 Å². The summed E-state index contributed by atoms with van der Waals surface area (Å²) in [5, 5.41) is 2.06. The Morgan fingerprint density at radius 1 is 1.29 bits per heavy atom. The van der Waals surface area contributed by atoms with Crippen LogP contribution in [0.5, 0.6) is 0 Å². The Kier molecular flexibility index (Phi) is 7.01. The fourth-order valence-corrected chi connectivity index (χ4v) is 4.24. The van der Waals surface area contributed by atoms with Crippen LogP contribution in [0.1, 0.15) is 5.56 Å². The number of ether oxygens (including phenoxy) is 1. The van der Waals surface area contributed by atoms with Crippen molar-refractivity contribution < 1.29 is 14.3 Å². The minimum atomic E-state index is -0.268. The second-order valence-electron chi connectivity index (χ2n) is 6.92. The predicted molar refractivity (Wildman–Crippen MR) is 112 cm³/mol. The SMILES string of the molecule is C=CCN1CCN(C(=O)COC)CC(Cc2ccc(-c3cccs3)cc2)C1=O. The van der Waals surface area contributed by atoms with E-state index in [1.165, 1.54) is 17.6 Å². The molecule has 1 aliphatic heterocycles. The van der Waals surface area contributed by atoms with E-state index in [0.29, 0.717) is 32.6 Å². The molecule has 1 saturated heterocycles. The second kappa shape index (κ2) is 9.66. The van der Waals surface area contributed by atoms with Gasteiger partial charge in [0, 0.05) is 38.2 Å². The minimum absolute atomic E-state index is 0.0396. The quantitative estimate of drug-likeness (QED) is 0.674. The van der Waals surface area contributed by atoms with E-state index in [4.69, 9.17) is 4.74 Å². The number of rotatable bonds is 7. The third-order valence-corrected chi connectivity index (χ3v) is 5.87. The van der Waals surface area contributed by atoms with Crippen LogP contribution in [0.4, 0.5) is 0 Å². The summed E-state index contributed by atoms with van der Waals surface area (Å²) in [6, 6.07) is 12.5. The predicted octanol–water partition coefficient (Wildman–Crippen LogP) is 3.08. The molecule has 1 aromatic heterocycles. The van der Waals surface area contributed by atoms with Gasteiger partial charge in [0.15, 0.2) is 0 Å². The Balaban J connectivity index is 1.76. The second-order valence-corrected chi connectivity index (χ2v) is 7.87. The van der Waals surface area contributed by atoms with Crippen molar-refractivity contribution in [3.8, 4) is 10.4 Å². The molecule has 2 aromatic rings. The first-order chi connectivity index (χ1) is 13.6. The Hall–Kier alpha value is -2.44. The number of thiophene rings is 1. The first kappa shape index (κ1) is 20.3. The van der Waals surface area contributed by atoms with Gasteiger partial charge in [0.25, 0.3) is 0 Å². The van der Waals surface area contributed by atoms with E-state index in [2.05, 4.69) is 42.3 Å². The van der Waals surface area contributed by atoms with E-state index in [1.54, 1.807) is 27.2 Å². The topological polar surface area (TPSA) is 49.9 Å². The third kappa shape index (κ3) is 4.88. The Labute approximate surface area is 170 Å². The molecule has 1 fully saturated rings. The number of carbonyl (C=O) groups excluding carboxylic acids is 2. The first-order valence-electron chi connectivity index (χ1n) is 9.41. The molecule has 5 nitrogen and oxygen atoms in total. The molecule has 1 aromatic carbocycles. The van der Waals surface area contributed by atoms with Gasteiger partial charge in [-0.2, -0.15) is 0 Å². The molecule has 148 valence electrons. The largest absolute Gasteiger partial charge is 0.375 e. The van der Waals surface area contributed by atoms with Gasteiger partial charge in [-0.05, 0) is 29.0 Å². The van der Waals surface area contributed by atoms with Crippen LogP contribution in [0, 0.1) is 5.92 Å². The molecule has 0 N–H and O–H groups in total. The van der Waals surface area contributed by atoms with Crippen LogP contribution >= 0.6 is 11.3 Å². The fraction of sp³-hybridized carbons (Fsp3) is 0.364. The van der Waals surface area contributed by atoms with Gasteiger partial charge in [0.1, 0.15) is 6.61 Å². The normalized spacial score (nSPS) is 17.5. The van der Waals surface area contributed by atoms with Crippen molar-refractivity contribution in [2.24, 2.45) is 5.92 Å². The molecule has 2 heterocycles. The molecule has 2 amide bonds. The molecule has 1 unspecified atom stereocenters. The lowest BCUT2D eigenvalue weighted by Gasteiger charge is -2.23. The van der Waals surface area contributed by atoms with Crippen molar-refractivity contribution in [3.63, 3.8) is 0 Å². The van der Waals surface area contributed by atoms with Gasteiger partial charge in [-0.1, -0.05) is 36.4 Å². The molecule has 3 rings (SSSR count). The van der Waals surface area contributed by atoms with Crippen LogP contribution in [0.3, 0.4) is 0 Å². The van der Waals surface area contributed by atoms with Gasteiger partial charge >= 0.3 is 0 Å². The molecule has 0 spiro atoms. The van der Waals surface area contributed by atoms with E-state index in [9.17, 15) is 9.59 Å². The van der Waals surface area contributed by atoms with Crippen molar-refractivity contribution in [1.29, 1.82) is 0 Å². The van der Waals surface area contributed by atoms with Gasteiger partial charge in [0.05, 0.1) is 5.92 Å². The maximum absolute atomic E-state index is 13.0. The van der Waals surface area contributed by atoms with Gasteiger partial charge in [0.2, 0.25) is 11.8 Å². The summed E-state index contributed by atoms with van der Waals surface area (Å²) >= 11 is 1.71. The number of hydrogen-bond donors (Lipinski definition) is 0. The highest BCUT2D eigenvalue weighted by Gasteiger charge is 2.31. The number of hydrogen-bond acceptors (Lipinski definition) is 4. The van der Waals surface area contributed by atoms with Crippen molar-refractivity contribution in [2.45, 2.75) is 6.42 Å². The number of methoxy groups -OCH3 is 1. The maximum Gasteiger partial charge on any atom is 0.248 e. The molecular formula is C22H26N2O3S.